The van der Waals surface area contributed by atoms with Gasteiger partial charge in [-0.25, -0.2) is 14.8 Å². The highest BCUT2D eigenvalue weighted by atomic mass is 16.5. The molecule has 20 heavy (non-hydrogen) atoms. The van der Waals surface area contributed by atoms with Crippen molar-refractivity contribution >= 4 is 11.8 Å². The number of methoxy groups -OCH3 is 1. The molecular weight excluding hydrogens is 256 g/mol. The van der Waals surface area contributed by atoms with Crippen LogP contribution in [0.3, 0.4) is 0 Å². The van der Waals surface area contributed by atoms with Crippen LogP contribution in [-0.4, -0.2) is 28.0 Å². The molecule has 0 spiro atoms. The van der Waals surface area contributed by atoms with E-state index in [2.05, 4.69) is 38.0 Å². The third-order valence-corrected chi connectivity index (χ3v) is 2.85. The highest BCUT2D eigenvalue weighted by Crippen LogP contribution is 2.09. The van der Waals surface area contributed by atoms with Gasteiger partial charge in [-0.05, 0) is 18.1 Å². The Morgan fingerprint density at radius 1 is 1.30 bits per heavy atom. The number of aromatic nitrogens is 3. The molecule has 6 nitrogen and oxygen atoms in total. The van der Waals surface area contributed by atoms with Crippen molar-refractivity contribution in [1.82, 2.24) is 15.0 Å². The van der Waals surface area contributed by atoms with E-state index in [-0.39, 0.29) is 5.69 Å². The van der Waals surface area contributed by atoms with Gasteiger partial charge in [0, 0.05) is 6.20 Å². The molecule has 104 valence electrons. The largest absolute Gasteiger partial charge is 0.464 e. The lowest BCUT2D eigenvalue weighted by Crippen LogP contribution is -2.09. The van der Waals surface area contributed by atoms with E-state index in [0.717, 1.165) is 12.1 Å². The Morgan fingerprint density at radius 3 is 2.80 bits per heavy atom. The Bertz CT molecular complexity index is 584. The summed E-state index contributed by atoms with van der Waals surface area (Å²) >= 11 is 0. The fourth-order valence-electron chi connectivity index (χ4n) is 1.76. The third-order valence-electron chi connectivity index (χ3n) is 2.85. The molecule has 2 aromatic rings. The summed E-state index contributed by atoms with van der Waals surface area (Å²) in [5.74, 6) is 0.0902. The van der Waals surface area contributed by atoms with E-state index < -0.39 is 5.97 Å². The van der Waals surface area contributed by atoms with Crippen LogP contribution in [0, 0.1) is 0 Å². The quantitative estimate of drug-likeness (QED) is 0.837. The lowest BCUT2D eigenvalue weighted by atomic mass is 10.1. The molecule has 0 unspecified atom stereocenters. The van der Waals surface area contributed by atoms with E-state index in [9.17, 15) is 4.79 Å². The molecule has 0 bridgehead atoms. The number of hydrogen-bond acceptors (Lipinski definition) is 6. The van der Waals surface area contributed by atoms with Gasteiger partial charge in [0.05, 0.1) is 31.7 Å². The average molecular weight is 272 g/mol. The molecule has 0 fully saturated rings. The van der Waals surface area contributed by atoms with Crippen LogP contribution in [0.15, 0.2) is 30.7 Å². The van der Waals surface area contributed by atoms with Gasteiger partial charge in [-0.1, -0.05) is 13.0 Å². The molecule has 0 aliphatic heterocycles. The summed E-state index contributed by atoms with van der Waals surface area (Å²) in [5.41, 5.74) is 2.36. The number of esters is 1. The molecule has 2 rings (SSSR count). The summed E-state index contributed by atoms with van der Waals surface area (Å²) in [5, 5.41) is 3.13. The monoisotopic (exact) mass is 272 g/mol. The molecule has 6 heteroatoms. The molecule has 0 aliphatic rings. The molecule has 0 aromatic carbocycles. The third kappa shape index (κ3) is 3.28. The first-order chi connectivity index (χ1) is 9.74. The topological polar surface area (TPSA) is 77.0 Å². The molecule has 0 saturated heterocycles. The van der Waals surface area contributed by atoms with E-state index in [1.54, 1.807) is 6.20 Å². The second kappa shape index (κ2) is 6.60. The summed E-state index contributed by atoms with van der Waals surface area (Å²) in [6.07, 6.45) is 5.58. The average Bonchev–Trinajstić information content (AvgIpc) is 2.53. The predicted molar refractivity (Wildman–Crippen MR) is 74.3 cm³/mol. The summed E-state index contributed by atoms with van der Waals surface area (Å²) in [7, 11) is 1.31. The van der Waals surface area contributed by atoms with Gasteiger partial charge in [0.15, 0.2) is 5.69 Å². The van der Waals surface area contributed by atoms with Crippen molar-refractivity contribution < 1.29 is 9.53 Å². The van der Waals surface area contributed by atoms with E-state index in [1.165, 1.54) is 25.1 Å². The number of hydrogen-bond donors (Lipinski definition) is 1. The summed E-state index contributed by atoms with van der Waals surface area (Å²) in [6, 6.07) is 3.98. The summed E-state index contributed by atoms with van der Waals surface area (Å²) < 4.78 is 4.56. The van der Waals surface area contributed by atoms with Crippen LogP contribution in [0.25, 0.3) is 0 Å². The van der Waals surface area contributed by atoms with E-state index in [0.29, 0.717) is 12.4 Å². The van der Waals surface area contributed by atoms with Gasteiger partial charge in [-0.2, -0.15) is 0 Å². The first-order valence-corrected chi connectivity index (χ1v) is 6.31. The van der Waals surface area contributed by atoms with Crippen LogP contribution in [0.1, 0.15) is 28.7 Å². The molecule has 2 heterocycles. The van der Waals surface area contributed by atoms with Gasteiger partial charge >= 0.3 is 5.97 Å². The number of ether oxygens (including phenoxy) is 1. The van der Waals surface area contributed by atoms with Crippen LogP contribution in [0.2, 0.25) is 0 Å². The zero-order chi connectivity index (χ0) is 14.4. The Kier molecular flexibility index (Phi) is 4.60. The van der Waals surface area contributed by atoms with Gasteiger partial charge in [0.2, 0.25) is 0 Å². The Balaban J connectivity index is 2.02. The molecular formula is C14H16N4O2. The zero-order valence-electron chi connectivity index (χ0n) is 11.5. The predicted octanol–water partition coefficient (Wildman–Crippen LogP) is 1.83. The fraction of sp³-hybridized carbons (Fsp3) is 0.286. The van der Waals surface area contributed by atoms with E-state index >= 15 is 0 Å². The number of carbonyl (C=O) groups is 1. The van der Waals surface area contributed by atoms with Crippen molar-refractivity contribution in [3.05, 3.63) is 47.7 Å². The van der Waals surface area contributed by atoms with Gasteiger partial charge in [-0.15, -0.1) is 0 Å². The minimum absolute atomic E-state index is 0.185. The smallest absolute Gasteiger partial charge is 0.358 e. The molecule has 0 atom stereocenters. The van der Waals surface area contributed by atoms with Gasteiger partial charge in [-0.3, -0.25) is 4.98 Å². The maximum Gasteiger partial charge on any atom is 0.358 e. The van der Waals surface area contributed by atoms with Crippen molar-refractivity contribution in [2.75, 3.05) is 12.4 Å². The second-order valence-corrected chi connectivity index (χ2v) is 4.09. The summed E-state index contributed by atoms with van der Waals surface area (Å²) in [6.45, 7) is 2.65. The van der Waals surface area contributed by atoms with Gasteiger partial charge in [0.25, 0.3) is 0 Å². The van der Waals surface area contributed by atoms with Crippen LogP contribution in [0.4, 0.5) is 5.82 Å². The zero-order valence-corrected chi connectivity index (χ0v) is 11.5. The maximum atomic E-state index is 11.2. The van der Waals surface area contributed by atoms with Crippen molar-refractivity contribution in [3.63, 3.8) is 0 Å². The fourth-order valence-corrected chi connectivity index (χ4v) is 1.76. The highest BCUT2D eigenvalue weighted by molar-refractivity contribution is 5.86. The Labute approximate surface area is 117 Å². The minimum atomic E-state index is -0.498. The second-order valence-electron chi connectivity index (χ2n) is 4.09. The standard InChI is InChI=1S/C14H16N4O2/c1-3-10-5-4-6-15-11(10)7-17-13-9-16-12(8-18-13)14(19)20-2/h4-6,8-9H,3,7H2,1-2H3,(H,17,18). The first-order valence-electron chi connectivity index (χ1n) is 6.31. The van der Waals surface area contributed by atoms with E-state index in [4.69, 9.17) is 0 Å². The number of pyridine rings is 1. The molecule has 0 amide bonds. The van der Waals surface area contributed by atoms with Crippen LogP contribution >= 0.6 is 0 Å². The maximum absolute atomic E-state index is 11.2. The van der Waals surface area contributed by atoms with Crippen LogP contribution < -0.4 is 5.32 Å². The molecule has 2 aromatic heterocycles. The first kappa shape index (κ1) is 13.9. The lowest BCUT2D eigenvalue weighted by molar-refractivity contribution is 0.0593. The molecule has 0 aliphatic carbocycles. The van der Waals surface area contributed by atoms with Gasteiger partial charge in [0.1, 0.15) is 5.82 Å². The minimum Gasteiger partial charge on any atom is -0.464 e. The Hall–Kier alpha value is -2.50. The molecule has 0 radical (unpaired) electrons. The number of rotatable bonds is 5. The van der Waals surface area contributed by atoms with Crippen molar-refractivity contribution in [2.45, 2.75) is 19.9 Å². The molecule has 1 N–H and O–H groups in total. The van der Waals surface area contributed by atoms with Crippen LogP contribution in [0.5, 0.6) is 0 Å². The number of nitrogens with zero attached hydrogens (tertiary/aromatic N) is 3. The van der Waals surface area contributed by atoms with Crippen molar-refractivity contribution in [2.24, 2.45) is 0 Å². The van der Waals surface area contributed by atoms with Crippen molar-refractivity contribution in [3.8, 4) is 0 Å². The van der Waals surface area contributed by atoms with E-state index in [1.807, 2.05) is 6.07 Å². The number of anilines is 1. The Morgan fingerprint density at radius 2 is 2.15 bits per heavy atom. The number of nitrogens with one attached hydrogen (secondary N) is 1. The normalized spacial score (nSPS) is 10.1. The highest BCUT2D eigenvalue weighted by Gasteiger charge is 2.07. The SMILES string of the molecule is CCc1cccnc1CNc1cnc(C(=O)OC)cn1. The van der Waals surface area contributed by atoms with Crippen LogP contribution in [-0.2, 0) is 17.7 Å². The van der Waals surface area contributed by atoms with Gasteiger partial charge < -0.3 is 10.1 Å². The number of aryl methyl sites for hydroxylation is 1. The lowest BCUT2D eigenvalue weighted by Gasteiger charge is -2.08. The molecule has 0 saturated carbocycles. The van der Waals surface area contributed by atoms with Crippen molar-refractivity contribution in [1.29, 1.82) is 0 Å². The number of carbonyl (C=O) groups excluding carboxylic acids is 1. The summed E-state index contributed by atoms with van der Waals surface area (Å²) in [4.78, 5) is 23.7.